The number of anilines is 1. The van der Waals surface area contributed by atoms with E-state index in [2.05, 4.69) is 57.8 Å². The van der Waals surface area contributed by atoms with Crippen molar-refractivity contribution < 1.29 is 0 Å². The minimum absolute atomic E-state index is 0.439. The molecule has 0 N–H and O–H groups in total. The van der Waals surface area contributed by atoms with Crippen molar-refractivity contribution in [2.45, 2.75) is 24.9 Å². The Balaban J connectivity index is 1.53. The predicted molar refractivity (Wildman–Crippen MR) is 73.7 cm³/mol. The first-order valence-electron chi connectivity index (χ1n) is 7.35. The number of rotatable bonds is 1. The van der Waals surface area contributed by atoms with Gasteiger partial charge in [0, 0.05) is 0 Å². The fraction of sp³-hybridized carbons (Fsp3) is 0.500. The summed E-state index contributed by atoms with van der Waals surface area (Å²) >= 11 is 0. The summed E-state index contributed by atoms with van der Waals surface area (Å²) in [6.45, 7) is 0. The van der Waals surface area contributed by atoms with Crippen LogP contribution in [-0.2, 0) is 0 Å². The van der Waals surface area contributed by atoms with Crippen LogP contribution in [0.15, 0.2) is 52.8 Å². The lowest BCUT2D eigenvalue weighted by molar-refractivity contribution is 0.238. The molecule has 0 unspecified atom stereocenters. The zero-order valence-electron chi connectivity index (χ0n) is 10.8. The molecule has 1 aromatic rings. The molecule has 6 atom stereocenters. The molecule has 3 nitrogen and oxygen atoms in total. The maximum Gasteiger partial charge on any atom is 0.0990 e. The van der Waals surface area contributed by atoms with Crippen LogP contribution in [0.1, 0.15) is 12.8 Å². The smallest absolute Gasteiger partial charge is 0.0990 e. The summed E-state index contributed by atoms with van der Waals surface area (Å²) in [5.41, 5.74) is 1.20. The lowest BCUT2D eigenvalue weighted by Crippen LogP contribution is -2.44. The third-order valence-corrected chi connectivity index (χ3v) is 5.66. The number of hydrogen-bond acceptors (Lipinski definition) is 3. The molecule has 5 rings (SSSR count). The highest BCUT2D eigenvalue weighted by atomic mass is 15.6. The first kappa shape index (κ1) is 10.2. The van der Waals surface area contributed by atoms with Crippen LogP contribution in [0.2, 0.25) is 0 Å². The topological polar surface area (TPSA) is 28.0 Å². The number of hydrogen-bond donors (Lipinski definition) is 0. The molecule has 1 heterocycles. The van der Waals surface area contributed by atoms with Crippen LogP contribution in [-0.4, -0.2) is 12.1 Å². The molecule has 0 saturated heterocycles. The number of nitrogens with zero attached hydrogens (tertiary/aromatic N) is 3. The molecule has 19 heavy (non-hydrogen) atoms. The number of allylic oxidation sites excluding steroid dienone is 2. The lowest BCUT2D eigenvalue weighted by atomic mass is 9.76. The van der Waals surface area contributed by atoms with Gasteiger partial charge in [0.05, 0.1) is 17.8 Å². The van der Waals surface area contributed by atoms with Crippen LogP contribution in [0.25, 0.3) is 0 Å². The first-order valence-corrected chi connectivity index (χ1v) is 7.35. The second-order valence-corrected chi connectivity index (χ2v) is 6.33. The minimum atomic E-state index is 0.439. The van der Waals surface area contributed by atoms with E-state index >= 15 is 0 Å². The molecule has 0 radical (unpaired) electrons. The van der Waals surface area contributed by atoms with Gasteiger partial charge in [-0.05, 0) is 48.6 Å². The minimum Gasteiger partial charge on any atom is -0.242 e. The summed E-state index contributed by atoms with van der Waals surface area (Å²) in [5.74, 6) is 3.18. The molecule has 1 aromatic carbocycles. The number of benzene rings is 1. The van der Waals surface area contributed by atoms with Crippen LogP contribution >= 0.6 is 0 Å². The van der Waals surface area contributed by atoms with Crippen molar-refractivity contribution in [3.63, 3.8) is 0 Å². The van der Waals surface area contributed by atoms with E-state index in [4.69, 9.17) is 0 Å². The molecule has 0 amide bonds. The Kier molecular flexibility index (Phi) is 1.86. The van der Waals surface area contributed by atoms with E-state index in [1.807, 2.05) is 0 Å². The average molecular weight is 251 g/mol. The fourth-order valence-electron chi connectivity index (χ4n) is 4.99. The monoisotopic (exact) mass is 251 g/mol. The summed E-state index contributed by atoms with van der Waals surface area (Å²) in [4.78, 5) is 0. The second-order valence-electron chi connectivity index (χ2n) is 6.33. The van der Waals surface area contributed by atoms with Gasteiger partial charge in [-0.1, -0.05) is 35.6 Å². The molecule has 2 fully saturated rings. The first-order chi connectivity index (χ1) is 9.43. The molecule has 0 aromatic heterocycles. The highest BCUT2D eigenvalue weighted by Crippen LogP contribution is 2.60. The highest BCUT2D eigenvalue weighted by molar-refractivity contribution is 5.48. The van der Waals surface area contributed by atoms with Crippen molar-refractivity contribution in [3.8, 4) is 0 Å². The van der Waals surface area contributed by atoms with Gasteiger partial charge in [0.1, 0.15) is 0 Å². The third-order valence-electron chi connectivity index (χ3n) is 5.66. The van der Waals surface area contributed by atoms with Crippen LogP contribution in [0.4, 0.5) is 5.69 Å². The maximum absolute atomic E-state index is 4.62. The van der Waals surface area contributed by atoms with Crippen LogP contribution in [0.3, 0.4) is 0 Å². The Morgan fingerprint density at radius 3 is 2.84 bits per heavy atom. The van der Waals surface area contributed by atoms with E-state index in [9.17, 15) is 0 Å². The van der Waals surface area contributed by atoms with Crippen LogP contribution < -0.4 is 5.01 Å². The SMILES string of the molecule is C1=C[C@H]2[C@H]3C[C@@H]([C@H]2C1)[C@@H]1[C@H]3N=NN1c1ccccc1. The summed E-state index contributed by atoms with van der Waals surface area (Å²) in [5, 5.41) is 11.3. The summed E-state index contributed by atoms with van der Waals surface area (Å²) in [6, 6.07) is 11.5. The zero-order chi connectivity index (χ0) is 12.4. The third kappa shape index (κ3) is 1.18. The maximum atomic E-state index is 4.62. The molecular formula is C16H17N3. The Labute approximate surface area is 113 Å². The number of fused-ring (bicyclic) bond motifs is 8. The van der Waals surface area contributed by atoms with Crippen molar-refractivity contribution >= 4 is 5.69 Å². The van der Waals surface area contributed by atoms with E-state index in [0.29, 0.717) is 12.1 Å². The summed E-state index contributed by atoms with van der Waals surface area (Å²) in [6.07, 6.45) is 7.47. The van der Waals surface area contributed by atoms with Gasteiger partial charge in [-0.2, -0.15) is 5.11 Å². The lowest BCUT2D eigenvalue weighted by Gasteiger charge is -2.35. The van der Waals surface area contributed by atoms with Gasteiger partial charge in [0.15, 0.2) is 0 Å². The van der Waals surface area contributed by atoms with Crippen molar-refractivity contribution in [1.82, 2.24) is 0 Å². The molecule has 3 heteroatoms. The molecule has 4 aliphatic rings. The van der Waals surface area contributed by atoms with Gasteiger partial charge in [-0.3, -0.25) is 0 Å². The van der Waals surface area contributed by atoms with Gasteiger partial charge in [0.25, 0.3) is 0 Å². The Hall–Kier alpha value is -1.64. The van der Waals surface area contributed by atoms with Gasteiger partial charge in [-0.25, -0.2) is 5.01 Å². The average Bonchev–Trinajstić information content (AvgIpc) is 3.17. The molecule has 96 valence electrons. The standard InChI is InChI=1S/C16H17N3/c1-2-5-10(6-3-1)19-16-14-9-13(15(16)17-18-19)11-7-4-8-12(11)14/h1-7,11-16H,8-9H2/t11-,12+,13-,14+,15+,16-/m1/s1. The molecule has 1 aliphatic heterocycles. The van der Waals surface area contributed by atoms with E-state index in [0.717, 1.165) is 23.7 Å². The molecule has 2 saturated carbocycles. The van der Waals surface area contributed by atoms with E-state index in [1.165, 1.54) is 18.5 Å². The normalized spacial score (nSPS) is 44.9. The van der Waals surface area contributed by atoms with Crippen molar-refractivity contribution in [1.29, 1.82) is 0 Å². The molecule has 2 bridgehead atoms. The van der Waals surface area contributed by atoms with Gasteiger partial charge in [-0.15, -0.1) is 0 Å². The van der Waals surface area contributed by atoms with Crippen LogP contribution in [0, 0.1) is 23.7 Å². The van der Waals surface area contributed by atoms with Gasteiger partial charge in [0.2, 0.25) is 0 Å². The van der Waals surface area contributed by atoms with Gasteiger partial charge < -0.3 is 0 Å². The number of para-hydroxylation sites is 1. The fourth-order valence-corrected chi connectivity index (χ4v) is 4.99. The summed E-state index contributed by atoms with van der Waals surface area (Å²) < 4.78 is 0. The van der Waals surface area contributed by atoms with Crippen LogP contribution in [0.5, 0.6) is 0 Å². The molecular weight excluding hydrogens is 234 g/mol. The van der Waals surface area contributed by atoms with E-state index < -0.39 is 0 Å². The van der Waals surface area contributed by atoms with Crippen molar-refractivity contribution in [2.24, 2.45) is 34.0 Å². The summed E-state index contributed by atoms with van der Waals surface area (Å²) in [7, 11) is 0. The van der Waals surface area contributed by atoms with E-state index in [-0.39, 0.29) is 0 Å². The molecule has 0 spiro atoms. The highest BCUT2D eigenvalue weighted by Gasteiger charge is 2.61. The zero-order valence-corrected chi connectivity index (χ0v) is 10.8. The second kappa shape index (κ2) is 3.47. The Bertz CT molecular complexity index is 565. The van der Waals surface area contributed by atoms with Crippen molar-refractivity contribution in [2.75, 3.05) is 5.01 Å². The van der Waals surface area contributed by atoms with E-state index in [1.54, 1.807) is 0 Å². The Morgan fingerprint density at radius 1 is 1.05 bits per heavy atom. The molecule has 3 aliphatic carbocycles. The quantitative estimate of drug-likeness (QED) is 0.702. The Morgan fingerprint density at radius 2 is 1.95 bits per heavy atom. The predicted octanol–water partition coefficient (Wildman–Crippen LogP) is 3.45. The largest absolute Gasteiger partial charge is 0.242 e. The van der Waals surface area contributed by atoms with Crippen molar-refractivity contribution in [3.05, 3.63) is 42.5 Å². The van der Waals surface area contributed by atoms with Gasteiger partial charge >= 0.3 is 0 Å².